The van der Waals surface area contributed by atoms with Crippen LogP contribution in [0.15, 0.2) is 34.1 Å². The number of hydrogen-bond donors (Lipinski definition) is 2. The van der Waals surface area contributed by atoms with Crippen LogP contribution in [0.4, 0.5) is 0 Å². The maximum Gasteiger partial charge on any atom is 0.287 e. The second-order valence-corrected chi connectivity index (χ2v) is 7.34. The molecular weight excluding hydrogens is 483 g/mol. The minimum atomic E-state index is -0.162. The van der Waals surface area contributed by atoms with Crippen LogP contribution in [0, 0.1) is 12.8 Å². The summed E-state index contributed by atoms with van der Waals surface area (Å²) in [7, 11) is 3.77. The van der Waals surface area contributed by atoms with E-state index in [1.165, 1.54) is 11.8 Å². The van der Waals surface area contributed by atoms with E-state index in [9.17, 15) is 4.79 Å². The van der Waals surface area contributed by atoms with Crippen molar-refractivity contribution in [3.8, 4) is 0 Å². The largest absolute Gasteiger partial charge is 0.459 e. The Balaban J connectivity index is 0.00000300. The Morgan fingerprint density at radius 3 is 2.83 bits per heavy atom. The van der Waals surface area contributed by atoms with Crippen LogP contribution in [0.5, 0.6) is 0 Å². The zero-order chi connectivity index (χ0) is 19.9. The lowest BCUT2D eigenvalue weighted by Crippen LogP contribution is -2.41. The van der Waals surface area contributed by atoms with Crippen LogP contribution < -0.4 is 10.6 Å². The monoisotopic (exact) mass is 514 g/mol. The van der Waals surface area contributed by atoms with Crippen LogP contribution in [0.2, 0.25) is 0 Å². The summed E-state index contributed by atoms with van der Waals surface area (Å²) >= 11 is 0. The van der Waals surface area contributed by atoms with Gasteiger partial charge in [-0.2, -0.15) is 5.10 Å². The van der Waals surface area contributed by atoms with Gasteiger partial charge in [0.15, 0.2) is 11.7 Å². The smallest absolute Gasteiger partial charge is 0.287 e. The van der Waals surface area contributed by atoms with E-state index in [2.05, 4.69) is 31.8 Å². The topological polar surface area (TPSA) is 87.7 Å². The fourth-order valence-corrected chi connectivity index (χ4v) is 3.61. The summed E-state index contributed by atoms with van der Waals surface area (Å²) < 4.78 is 7.06. The zero-order valence-electron chi connectivity index (χ0n) is 17.4. The van der Waals surface area contributed by atoms with E-state index in [-0.39, 0.29) is 29.9 Å². The second kappa shape index (κ2) is 11.2. The minimum absolute atomic E-state index is 0. The molecule has 0 aromatic carbocycles. The van der Waals surface area contributed by atoms with Crippen molar-refractivity contribution in [2.24, 2.45) is 18.0 Å². The molecule has 3 heterocycles. The van der Waals surface area contributed by atoms with Crippen molar-refractivity contribution in [2.45, 2.75) is 26.2 Å². The Kier molecular flexibility index (Phi) is 8.99. The van der Waals surface area contributed by atoms with Gasteiger partial charge in [-0.05, 0) is 43.7 Å². The van der Waals surface area contributed by atoms with E-state index in [1.807, 2.05) is 31.9 Å². The number of likely N-dealkylation sites (tertiary alicyclic amines) is 1. The predicted molar refractivity (Wildman–Crippen MR) is 124 cm³/mol. The van der Waals surface area contributed by atoms with Crippen LogP contribution in [0.25, 0.3) is 0 Å². The lowest BCUT2D eigenvalue weighted by molar-refractivity contribution is 0.0925. The van der Waals surface area contributed by atoms with Crippen molar-refractivity contribution in [1.29, 1.82) is 0 Å². The average molecular weight is 514 g/mol. The lowest BCUT2D eigenvalue weighted by atomic mass is 10.0. The van der Waals surface area contributed by atoms with Crippen molar-refractivity contribution < 1.29 is 9.21 Å². The molecule has 1 amide bonds. The summed E-state index contributed by atoms with van der Waals surface area (Å²) in [5, 5.41) is 10.5. The molecule has 0 bridgehead atoms. The average Bonchev–Trinajstić information content (AvgIpc) is 3.40. The molecule has 0 spiro atoms. The maximum absolute atomic E-state index is 12.0. The molecule has 3 rings (SSSR count). The fourth-order valence-electron chi connectivity index (χ4n) is 3.61. The van der Waals surface area contributed by atoms with E-state index < -0.39 is 0 Å². The number of hydrogen-bond acceptors (Lipinski definition) is 4. The van der Waals surface area contributed by atoms with Crippen LogP contribution in [0.3, 0.4) is 0 Å². The summed E-state index contributed by atoms with van der Waals surface area (Å²) in [5.41, 5.74) is 2.14. The summed E-state index contributed by atoms with van der Waals surface area (Å²) in [6.07, 6.45) is 8.61. The highest BCUT2D eigenvalue weighted by molar-refractivity contribution is 14.0. The third-order valence-electron chi connectivity index (χ3n) is 5.07. The van der Waals surface area contributed by atoms with Gasteiger partial charge in [0.25, 0.3) is 5.91 Å². The molecule has 2 N–H and O–H groups in total. The molecule has 8 nitrogen and oxygen atoms in total. The van der Waals surface area contributed by atoms with Gasteiger partial charge >= 0.3 is 0 Å². The SMILES string of the molecule is CN=C(NCCCNC(=O)c1occc1C)N1CCC(Cc2cnn(C)c2)C1.I. The summed E-state index contributed by atoms with van der Waals surface area (Å²) in [5.74, 6) is 1.78. The van der Waals surface area contributed by atoms with Crippen LogP contribution in [0.1, 0.15) is 34.5 Å². The van der Waals surface area contributed by atoms with Gasteiger partial charge in [-0.15, -0.1) is 24.0 Å². The lowest BCUT2D eigenvalue weighted by Gasteiger charge is -2.21. The summed E-state index contributed by atoms with van der Waals surface area (Å²) in [6, 6.07) is 1.79. The van der Waals surface area contributed by atoms with E-state index in [1.54, 1.807) is 6.07 Å². The molecule has 1 aliphatic rings. The van der Waals surface area contributed by atoms with Gasteiger partial charge in [-0.1, -0.05) is 0 Å². The number of guanidine groups is 1. The number of nitrogens with zero attached hydrogens (tertiary/aromatic N) is 4. The normalized spacial score (nSPS) is 16.6. The Bertz CT molecular complexity index is 816. The highest BCUT2D eigenvalue weighted by Gasteiger charge is 2.25. The Labute approximate surface area is 189 Å². The zero-order valence-corrected chi connectivity index (χ0v) is 19.7. The third kappa shape index (κ3) is 6.48. The van der Waals surface area contributed by atoms with Gasteiger partial charge in [0.1, 0.15) is 0 Å². The number of carbonyl (C=O) groups excluding carboxylic acids is 1. The molecule has 1 aliphatic heterocycles. The molecule has 2 aromatic heterocycles. The number of aliphatic imine (C=N–C) groups is 1. The molecule has 0 saturated carbocycles. The molecule has 1 unspecified atom stereocenters. The number of amides is 1. The van der Waals surface area contributed by atoms with Crippen molar-refractivity contribution in [3.05, 3.63) is 41.6 Å². The molecule has 1 fully saturated rings. The maximum atomic E-state index is 12.0. The van der Waals surface area contributed by atoms with E-state index in [0.29, 0.717) is 18.2 Å². The van der Waals surface area contributed by atoms with E-state index in [0.717, 1.165) is 50.4 Å². The number of carbonyl (C=O) groups is 1. The number of rotatable bonds is 7. The predicted octanol–water partition coefficient (Wildman–Crippen LogP) is 2.20. The first-order valence-corrected chi connectivity index (χ1v) is 9.82. The van der Waals surface area contributed by atoms with Crippen LogP contribution in [-0.2, 0) is 13.5 Å². The molecule has 160 valence electrons. The molecule has 29 heavy (non-hydrogen) atoms. The molecule has 1 saturated heterocycles. The number of halogens is 1. The molecule has 1 atom stereocenters. The molecule has 0 aliphatic carbocycles. The van der Waals surface area contributed by atoms with Crippen LogP contribution >= 0.6 is 24.0 Å². The molecule has 9 heteroatoms. The van der Waals surface area contributed by atoms with Crippen molar-refractivity contribution in [1.82, 2.24) is 25.3 Å². The first-order valence-electron chi connectivity index (χ1n) is 9.82. The van der Waals surface area contributed by atoms with Gasteiger partial charge in [-0.25, -0.2) is 0 Å². The van der Waals surface area contributed by atoms with Crippen LogP contribution in [-0.4, -0.2) is 59.8 Å². The first kappa shape index (κ1) is 23.2. The first-order chi connectivity index (χ1) is 13.6. The number of aryl methyl sites for hydroxylation is 2. The molecule has 0 radical (unpaired) electrons. The van der Waals surface area contributed by atoms with E-state index in [4.69, 9.17) is 4.42 Å². The van der Waals surface area contributed by atoms with Gasteiger partial charge in [0.2, 0.25) is 0 Å². The van der Waals surface area contributed by atoms with Gasteiger partial charge in [0, 0.05) is 52.0 Å². The highest BCUT2D eigenvalue weighted by atomic mass is 127. The number of aromatic nitrogens is 2. The fraction of sp³-hybridized carbons (Fsp3) is 0.550. The quantitative estimate of drug-likeness (QED) is 0.256. The molecular formula is C20H31IN6O2. The van der Waals surface area contributed by atoms with Gasteiger partial charge in [-0.3, -0.25) is 14.5 Å². The summed E-state index contributed by atoms with van der Waals surface area (Å²) in [4.78, 5) is 18.7. The van der Waals surface area contributed by atoms with Crippen molar-refractivity contribution >= 4 is 35.8 Å². The molecule has 2 aromatic rings. The Morgan fingerprint density at radius 2 is 2.17 bits per heavy atom. The minimum Gasteiger partial charge on any atom is -0.459 e. The highest BCUT2D eigenvalue weighted by Crippen LogP contribution is 2.20. The third-order valence-corrected chi connectivity index (χ3v) is 5.07. The standard InChI is InChI=1S/C20H30N6O2.HI/c1-15-6-10-28-18(15)19(27)22-7-4-8-23-20(21-2)26-9-5-16(14-26)11-17-12-24-25(3)13-17;/h6,10,12-13,16H,4-5,7-9,11,14H2,1-3H3,(H,21,23)(H,22,27);1H. The Morgan fingerprint density at radius 1 is 1.38 bits per heavy atom. The van der Waals surface area contributed by atoms with Crippen molar-refractivity contribution in [3.63, 3.8) is 0 Å². The Hall–Kier alpha value is -2.04. The van der Waals surface area contributed by atoms with Crippen molar-refractivity contribution in [2.75, 3.05) is 33.2 Å². The number of furan rings is 1. The second-order valence-electron chi connectivity index (χ2n) is 7.34. The number of nitrogens with one attached hydrogen (secondary N) is 2. The summed E-state index contributed by atoms with van der Waals surface area (Å²) in [6.45, 7) is 5.23. The van der Waals surface area contributed by atoms with Gasteiger partial charge in [0.05, 0.1) is 12.5 Å². The van der Waals surface area contributed by atoms with Gasteiger partial charge < -0.3 is 20.0 Å². The van der Waals surface area contributed by atoms with E-state index >= 15 is 0 Å².